The average Bonchev–Trinajstić information content (AvgIpc) is 3.03. The van der Waals surface area contributed by atoms with Gasteiger partial charge in [-0.1, -0.05) is 89.9 Å². The molecule has 0 unspecified atom stereocenters. The number of hydrogen-bond acceptors (Lipinski definition) is 5. The van der Waals surface area contributed by atoms with E-state index in [-0.39, 0.29) is 24.6 Å². The molecule has 0 spiro atoms. The van der Waals surface area contributed by atoms with Crippen molar-refractivity contribution in [1.29, 1.82) is 0 Å². The summed E-state index contributed by atoms with van der Waals surface area (Å²) in [5.74, 6) is -0.383. The number of halogens is 2. The standard InChI is InChI=1S/C34H35Cl2N3O5S/c1-3-37-34(41)32(21-25-10-6-4-7-11-25)38(22-27-14-19-30(35)31(36)20-27)33(40)23-39(45(2,42)43)28-15-17-29(18-16-28)44-24-26-12-8-5-9-13-26/h4-20,32H,3,21-24H2,1-2H3,(H,37,41)/t32-/m1/s1. The molecule has 4 aromatic rings. The summed E-state index contributed by atoms with van der Waals surface area (Å²) in [6, 6.07) is 29.5. The number of hydrogen-bond donors (Lipinski definition) is 1. The monoisotopic (exact) mass is 667 g/mol. The van der Waals surface area contributed by atoms with Crippen LogP contribution in [-0.2, 0) is 39.2 Å². The van der Waals surface area contributed by atoms with Gasteiger partial charge in [-0.25, -0.2) is 8.42 Å². The summed E-state index contributed by atoms with van der Waals surface area (Å²) < 4.78 is 32.9. The Balaban J connectivity index is 1.64. The summed E-state index contributed by atoms with van der Waals surface area (Å²) >= 11 is 12.4. The first kappa shape index (κ1) is 33.8. The van der Waals surface area contributed by atoms with Gasteiger partial charge in [0.2, 0.25) is 21.8 Å². The van der Waals surface area contributed by atoms with E-state index in [9.17, 15) is 18.0 Å². The number of sulfonamides is 1. The fraction of sp³-hybridized carbons (Fsp3) is 0.235. The Hall–Kier alpha value is -4.05. The first-order valence-electron chi connectivity index (χ1n) is 14.3. The van der Waals surface area contributed by atoms with E-state index in [2.05, 4.69) is 5.32 Å². The smallest absolute Gasteiger partial charge is 0.244 e. The highest BCUT2D eigenvalue weighted by atomic mass is 35.5. The molecule has 1 atom stereocenters. The number of benzene rings is 4. The fourth-order valence-corrected chi connectivity index (χ4v) is 5.91. The number of amides is 2. The summed E-state index contributed by atoms with van der Waals surface area (Å²) in [5, 5.41) is 3.47. The van der Waals surface area contributed by atoms with Gasteiger partial charge in [0.05, 0.1) is 22.0 Å². The zero-order valence-corrected chi connectivity index (χ0v) is 27.4. The Labute approximate surface area is 274 Å². The Morgan fingerprint density at radius 3 is 2.02 bits per heavy atom. The minimum Gasteiger partial charge on any atom is -0.489 e. The van der Waals surface area contributed by atoms with Crippen LogP contribution in [0.25, 0.3) is 0 Å². The molecule has 4 aromatic carbocycles. The molecule has 1 N–H and O–H groups in total. The van der Waals surface area contributed by atoms with E-state index in [1.54, 1.807) is 49.4 Å². The summed E-state index contributed by atoms with van der Waals surface area (Å²) in [7, 11) is -3.91. The van der Waals surface area contributed by atoms with Crippen molar-refractivity contribution in [2.75, 3.05) is 23.7 Å². The van der Waals surface area contributed by atoms with Crippen molar-refractivity contribution >= 4 is 50.7 Å². The molecule has 2 amide bonds. The molecule has 0 aromatic heterocycles. The minimum absolute atomic E-state index is 0.00573. The average molecular weight is 669 g/mol. The number of nitrogens with one attached hydrogen (secondary N) is 1. The number of ether oxygens (including phenoxy) is 1. The van der Waals surface area contributed by atoms with Gasteiger partial charge in [0, 0.05) is 19.5 Å². The molecule has 4 rings (SSSR count). The van der Waals surface area contributed by atoms with E-state index in [0.29, 0.717) is 34.5 Å². The molecule has 8 nitrogen and oxygen atoms in total. The highest BCUT2D eigenvalue weighted by molar-refractivity contribution is 7.92. The topological polar surface area (TPSA) is 96.0 Å². The number of anilines is 1. The molecule has 0 aliphatic heterocycles. The quantitative estimate of drug-likeness (QED) is 0.175. The molecule has 0 fully saturated rings. The van der Waals surface area contributed by atoms with Gasteiger partial charge in [-0.3, -0.25) is 13.9 Å². The molecule has 0 radical (unpaired) electrons. The van der Waals surface area contributed by atoms with Crippen LogP contribution < -0.4 is 14.4 Å². The van der Waals surface area contributed by atoms with Crippen molar-refractivity contribution in [1.82, 2.24) is 10.2 Å². The zero-order chi connectivity index (χ0) is 32.4. The predicted molar refractivity (Wildman–Crippen MR) is 179 cm³/mol. The molecule has 0 heterocycles. The van der Waals surface area contributed by atoms with Crippen molar-refractivity contribution in [2.24, 2.45) is 0 Å². The number of carbonyl (C=O) groups is 2. The van der Waals surface area contributed by atoms with E-state index < -0.39 is 28.5 Å². The number of nitrogens with zero attached hydrogens (tertiary/aromatic N) is 2. The van der Waals surface area contributed by atoms with Crippen LogP contribution in [0.1, 0.15) is 23.6 Å². The van der Waals surface area contributed by atoms with E-state index in [1.807, 2.05) is 60.7 Å². The largest absolute Gasteiger partial charge is 0.489 e. The summed E-state index contributed by atoms with van der Waals surface area (Å²) in [4.78, 5) is 29.0. The van der Waals surface area contributed by atoms with Gasteiger partial charge in [0.25, 0.3) is 0 Å². The van der Waals surface area contributed by atoms with E-state index >= 15 is 0 Å². The number of rotatable bonds is 14. The van der Waals surface area contributed by atoms with Crippen LogP contribution in [-0.4, -0.2) is 50.5 Å². The number of carbonyl (C=O) groups excluding carboxylic acids is 2. The van der Waals surface area contributed by atoms with E-state index in [0.717, 1.165) is 21.7 Å². The third-order valence-electron chi connectivity index (χ3n) is 7.01. The highest BCUT2D eigenvalue weighted by Gasteiger charge is 2.33. The van der Waals surface area contributed by atoms with Gasteiger partial charge in [-0.15, -0.1) is 0 Å². The van der Waals surface area contributed by atoms with Gasteiger partial charge in [0.1, 0.15) is 24.9 Å². The first-order valence-corrected chi connectivity index (χ1v) is 16.9. The molecule has 0 aliphatic rings. The Kier molecular flexibility index (Phi) is 11.9. The van der Waals surface area contributed by atoms with Crippen LogP contribution in [0, 0.1) is 0 Å². The number of likely N-dealkylation sites (N-methyl/N-ethyl adjacent to an activating group) is 1. The Morgan fingerprint density at radius 1 is 0.822 bits per heavy atom. The molecule has 0 saturated heterocycles. The molecule has 0 saturated carbocycles. The van der Waals surface area contributed by atoms with Crippen molar-refractivity contribution in [2.45, 2.75) is 32.5 Å². The van der Waals surface area contributed by atoms with Gasteiger partial charge in [-0.2, -0.15) is 0 Å². The van der Waals surface area contributed by atoms with Crippen molar-refractivity contribution < 1.29 is 22.7 Å². The molecule has 0 aliphatic carbocycles. The zero-order valence-electron chi connectivity index (χ0n) is 25.0. The third-order valence-corrected chi connectivity index (χ3v) is 8.89. The van der Waals surface area contributed by atoms with Crippen LogP contribution in [0.3, 0.4) is 0 Å². The van der Waals surface area contributed by atoms with Gasteiger partial charge in [0.15, 0.2) is 0 Å². The van der Waals surface area contributed by atoms with Gasteiger partial charge < -0.3 is 15.0 Å². The molecular formula is C34H35Cl2N3O5S. The maximum absolute atomic E-state index is 14.2. The lowest BCUT2D eigenvalue weighted by Gasteiger charge is -2.33. The predicted octanol–water partition coefficient (Wildman–Crippen LogP) is 6.11. The molecular weight excluding hydrogens is 633 g/mol. The highest BCUT2D eigenvalue weighted by Crippen LogP contribution is 2.26. The lowest BCUT2D eigenvalue weighted by Crippen LogP contribution is -2.53. The van der Waals surface area contributed by atoms with Crippen LogP contribution >= 0.6 is 23.2 Å². The molecule has 11 heteroatoms. The van der Waals surface area contributed by atoms with Crippen LogP contribution in [0.2, 0.25) is 10.0 Å². The van der Waals surface area contributed by atoms with Crippen molar-refractivity contribution in [3.8, 4) is 5.75 Å². The fourth-order valence-electron chi connectivity index (χ4n) is 4.74. The van der Waals surface area contributed by atoms with Crippen molar-refractivity contribution in [3.05, 3.63) is 130 Å². The van der Waals surface area contributed by atoms with Crippen molar-refractivity contribution in [3.63, 3.8) is 0 Å². The van der Waals surface area contributed by atoms with Crippen LogP contribution in [0.15, 0.2) is 103 Å². The second-order valence-corrected chi connectivity index (χ2v) is 13.1. The maximum Gasteiger partial charge on any atom is 0.244 e. The summed E-state index contributed by atoms with van der Waals surface area (Å²) in [6.07, 6.45) is 1.25. The first-order chi connectivity index (χ1) is 21.5. The minimum atomic E-state index is -3.91. The Bertz CT molecular complexity index is 1690. The maximum atomic E-state index is 14.2. The third kappa shape index (κ3) is 9.72. The second-order valence-electron chi connectivity index (χ2n) is 10.4. The molecule has 236 valence electrons. The lowest BCUT2D eigenvalue weighted by atomic mass is 10.0. The van der Waals surface area contributed by atoms with Crippen LogP contribution in [0.4, 0.5) is 5.69 Å². The van der Waals surface area contributed by atoms with Gasteiger partial charge in [-0.05, 0) is 60.0 Å². The Morgan fingerprint density at radius 2 is 1.44 bits per heavy atom. The normalized spacial score (nSPS) is 11.8. The van der Waals surface area contributed by atoms with E-state index in [1.165, 1.54) is 4.90 Å². The molecule has 45 heavy (non-hydrogen) atoms. The second kappa shape index (κ2) is 15.8. The van der Waals surface area contributed by atoms with E-state index in [4.69, 9.17) is 27.9 Å². The SMILES string of the molecule is CCNC(=O)[C@@H](Cc1ccccc1)N(Cc1ccc(Cl)c(Cl)c1)C(=O)CN(c1ccc(OCc2ccccc2)cc1)S(C)(=O)=O. The van der Waals surface area contributed by atoms with Gasteiger partial charge >= 0.3 is 0 Å². The van der Waals surface area contributed by atoms with Crippen LogP contribution in [0.5, 0.6) is 5.75 Å². The lowest BCUT2D eigenvalue weighted by molar-refractivity contribution is -0.140. The summed E-state index contributed by atoms with van der Waals surface area (Å²) in [6.45, 7) is 1.96. The summed E-state index contributed by atoms with van der Waals surface area (Å²) in [5.41, 5.74) is 2.74. The molecule has 0 bridgehead atoms.